The first-order chi connectivity index (χ1) is 11.3. The van der Waals surface area contributed by atoms with Crippen molar-refractivity contribution in [2.45, 2.75) is 25.4 Å². The molecule has 0 spiro atoms. The number of nitrogens with zero attached hydrogens (tertiary/aromatic N) is 2. The zero-order chi connectivity index (χ0) is 15.9. The third-order valence-corrected chi connectivity index (χ3v) is 4.68. The van der Waals surface area contributed by atoms with Crippen molar-refractivity contribution < 1.29 is 9.53 Å². The number of rotatable bonds is 5. The van der Waals surface area contributed by atoms with Gasteiger partial charge in [0.25, 0.3) is 0 Å². The highest BCUT2D eigenvalue weighted by Crippen LogP contribution is 2.14. The Hall–Kier alpha value is -1.59. The molecule has 3 rings (SSSR count). The molecule has 2 heterocycles. The summed E-state index contributed by atoms with van der Waals surface area (Å²) in [4.78, 5) is 16.6. The van der Waals surface area contributed by atoms with Crippen molar-refractivity contribution in [2.24, 2.45) is 0 Å². The first-order valence-electron chi connectivity index (χ1n) is 8.72. The molecular weight excluding hydrogens is 290 g/mol. The summed E-state index contributed by atoms with van der Waals surface area (Å²) in [5.41, 5.74) is 1.26. The molecule has 0 saturated carbocycles. The van der Waals surface area contributed by atoms with Gasteiger partial charge in [0.2, 0.25) is 0 Å². The minimum atomic E-state index is 0.0673. The molecule has 1 N–H and O–H groups in total. The molecule has 1 aromatic carbocycles. The molecule has 2 fully saturated rings. The van der Waals surface area contributed by atoms with E-state index < -0.39 is 0 Å². The predicted octanol–water partition coefficient (Wildman–Crippen LogP) is 1.74. The van der Waals surface area contributed by atoms with Crippen LogP contribution in [0.25, 0.3) is 0 Å². The first-order valence-corrected chi connectivity index (χ1v) is 8.72. The highest BCUT2D eigenvalue weighted by atomic mass is 16.5. The van der Waals surface area contributed by atoms with E-state index in [-0.39, 0.29) is 6.03 Å². The number of hydrogen-bond donors (Lipinski definition) is 1. The Morgan fingerprint density at radius 2 is 1.96 bits per heavy atom. The molecule has 126 valence electrons. The van der Waals surface area contributed by atoms with Gasteiger partial charge < -0.3 is 15.0 Å². The monoisotopic (exact) mass is 317 g/mol. The molecule has 2 amide bonds. The number of hydrogen-bond acceptors (Lipinski definition) is 3. The Kier molecular flexibility index (Phi) is 5.88. The molecule has 1 atom stereocenters. The van der Waals surface area contributed by atoms with Gasteiger partial charge in [-0.2, -0.15) is 0 Å². The largest absolute Gasteiger partial charge is 0.377 e. The number of carbonyl (C=O) groups is 1. The van der Waals surface area contributed by atoms with Gasteiger partial charge in [-0.05, 0) is 24.8 Å². The van der Waals surface area contributed by atoms with E-state index in [1.807, 2.05) is 23.1 Å². The number of piperazine rings is 1. The average molecular weight is 317 g/mol. The van der Waals surface area contributed by atoms with Crippen LogP contribution in [0.1, 0.15) is 18.4 Å². The van der Waals surface area contributed by atoms with E-state index in [1.54, 1.807) is 0 Å². The van der Waals surface area contributed by atoms with Crippen molar-refractivity contribution in [3.8, 4) is 0 Å². The summed E-state index contributed by atoms with van der Waals surface area (Å²) in [6, 6.07) is 10.3. The number of urea groups is 1. The van der Waals surface area contributed by atoms with Crippen molar-refractivity contribution in [1.29, 1.82) is 0 Å². The second-order valence-corrected chi connectivity index (χ2v) is 6.39. The number of ether oxygens (including phenoxy) is 1. The Labute approximate surface area is 138 Å². The molecule has 2 saturated heterocycles. The molecule has 0 bridgehead atoms. The van der Waals surface area contributed by atoms with E-state index in [2.05, 4.69) is 22.3 Å². The quantitative estimate of drug-likeness (QED) is 0.900. The molecule has 2 aliphatic rings. The molecule has 5 nitrogen and oxygen atoms in total. The van der Waals surface area contributed by atoms with Gasteiger partial charge in [0.1, 0.15) is 0 Å². The van der Waals surface area contributed by atoms with Gasteiger partial charge in [0.15, 0.2) is 0 Å². The van der Waals surface area contributed by atoms with Crippen LogP contribution in [0.3, 0.4) is 0 Å². The Bertz CT molecular complexity index is 480. The van der Waals surface area contributed by atoms with Crippen LogP contribution in [0.5, 0.6) is 0 Å². The molecule has 2 aliphatic heterocycles. The lowest BCUT2D eigenvalue weighted by Crippen LogP contribution is -2.53. The zero-order valence-electron chi connectivity index (χ0n) is 13.7. The summed E-state index contributed by atoms with van der Waals surface area (Å²) >= 11 is 0. The fourth-order valence-corrected chi connectivity index (χ4v) is 3.28. The summed E-state index contributed by atoms with van der Waals surface area (Å²) in [5.74, 6) is 0. The van der Waals surface area contributed by atoms with Crippen LogP contribution in [0.2, 0.25) is 0 Å². The van der Waals surface area contributed by atoms with Gasteiger partial charge in [-0.15, -0.1) is 0 Å². The number of nitrogens with one attached hydrogen (secondary N) is 1. The van der Waals surface area contributed by atoms with E-state index >= 15 is 0 Å². The Balaban J connectivity index is 1.33. The molecule has 0 radical (unpaired) electrons. The lowest BCUT2D eigenvalue weighted by atomic mass is 10.1. The van der Waals surface area contributed by atoms with Crippen molar-refractivity contribution in [3.05, 3.63) is 35.9 Å². The van der Waals surface area contributed by atoms with Crippen LogP contribution >= 0.6 is 0 Å². The van der Waals surface area contributed by atoms with E-state index in [4.69, 9.17) is 4.74 Å². The summed E-state index contributed by atoms with van der Waals surface area (Å²) in [5, 5.41) is 3.03. The minimum absolute atomic E-state index is 0.0673. The third kappa shape index (κ3) is 4.94. The standard InChI is InChI=1S/C18H27N3O2/c22-18(19-9-8-16-5-2-1-3-6-16)21-12-10-20(11-13-21)15-17-7-4-14-23-17/h1-3,5-6,17H,4,7-15H2,(H,19,22). The van der Waals surface area contributed by atoms with Crippen LogP contribution in [-0.4, -0.2) is 67.8 Å². The zero-order valence-corrected chi connectivity index (χ0v) is 13.7. The van der Waals surface area contributed by atoms with Gasteiger partial charge in [0, 0.05) is 45.9 Å². The van der Waals surface area contributed by atoms with Crippen LogP contribution < -0.4 is 5.32 Å². The molecule has 0 aromatic heterocycles. The molecule has 1 unspecified atom stereocenters. The van der Waals surface area contributed by atoms with Crippen molar-refractivity contribution >= 4 is 6.03 Å². The number of benzene rings is 1. The lowest BCUT2D eigenvalue weighted by molar-refractivity contribution is 0.0561. The van der Waals surface area contributed by atoms with Gasteiger partial charge >= 0.3 is 6.03 Å². The highest BCUT2D eigenvalue weighted by molar-refractivity contribution is 5.74. The van der Waals surface area contributed by atoms with Crippen LogP contribution in [0, 0.1) is 0 Å². The summed E-state index contributed by atoms with van der Waals surface area (Å²) in [6.07, 6.45) is 3.65. The maximum Gasteiger partial charge on any atom is 0.317 e. The molecule has 23 heavy (non-hydrogen) atoms. The fraction of sp³-hybridized carbons (Fsp3) is 0.611. The SMILES string of the molecule is O=C(NCCc1ccccc1)N1CCN(CC2CCCO2)CC1. The fourth-order valence-electron chi connectivity index (χ4n) is 3.28. The summed E-state index contributed by atoms with van der Waals surface area (Å²) < 4.78 is 5.69. The number of amides is 2. The van der Waals surface area contributed by atoms with Gasteiger partial charge in [0.05, 0.1) is 6.10 Å². The predicted molar refractivity (Wildman–Crippen MR) is 90.5 cm³/mol. The van der Waals surface area contributed by atoms with Crippen LogP contribution in [0.4, 0.5) is 4.79 Å². The lowest BCUT2D eigenvalue weighted by Gasteiger charge is -2.35. The van der Waals surface area contributed by atoms with Crippen LogP contribution in [0.15, 0.2) is 30.3 Å². The van der Waals surface area contributed by atoms with E-state index in [0.717, 1.165) is 45.8 Å². The van der Waals surface area contributed by atoms with Gasteiger partial charge in [-0.3, -0.25) is 4.90 Å². The second kappa shape index (κ2) is 8.31. The normalized spacial score (nSPS) is 22.3. The third-order valence-electron chi connectivity index (χ3n) is 4.68. The maximum absolute atomic E-state index is 12.2. The first kappa shape index (κ1) is 16.3. The Morgan fingerprint density at radius 3 is 2.65 bits per heavy atom. The molecular formula is C18H27N3O2. The van der Waals surface area contributed by atoms with Crippen molar-refractivity contribution in [1.82, 2.24) is 15.1 Å². The average Bonchev–Trinajstić information content (AvgIpc) is 3.09. The van der Waals surface area contributed by atoms with Crippen LogP contribution in [-0.2, 0) is 11.2 Å². The second-order valence-electron chi connectivity index (χ2n) is 6.39. The Morgan fingerprint density at radius 1 is 1.17 bits per heavy atom. The van der Waals surface area contributed by atoms with Gasteiger partial charge in [-0.1, -0.05) is 30.3 Å². The van der Waals surface area contributed by atoms with Gasteiger partial charge in [-0.25, -0.2) is 4.79 Å². The number of carbonyl (C=O) groups excluding carboxylic acids is 1. The minimum Gasteiger partial charge on any atom is -0.377 e. The van der Waals surface area contributed by atoms with Crippen molar-refractivity contribution in [2.75, 3.05) is 45.9 Å². The highest BCUT2D eigenvalue weighted by Gasteiger charge is 2.24. The summed E-state index contributed by atoms with van der Waals surface area (Å²) in [6.45, 7) is 6.14. The molecule has 0 aliphatic carbocycles. The van der Waals surface area contributed by atoms with E-state index in [1.165, 1.54) is 18.4 Å². The van der Waals surface area contributed by atoms with E-state index in [9.17, 15) is 4.79 Å². The van der Waals surface area contributed by atoms with Crippen molar-refractivity contribution in [3.63, 3.8) is 0 Å². The smallest absolute Gasteiger partial charge is 0.317 e. The molecule has 5 heteroatoms. The topological polar surface area (TPSA) is 44.8 Å². The molecule has 1 aromatic rings. The summed E-state index contributed by atoms with van der Waals surface area (Å²) in [7, 11) is 0. The van der Waals surface area contributed by atoms with E-state index in [0.29, 0.717) is 12.6 Å². The maximum atomic E-state index is 12.2.